The van der Waals surface area contributed by atoms with E-state index in [1.165, 1.54) is 0 Å². The van der Waals surface area contributed by atoms with Gasteiger partial charge in [-0.1, -0.05) is 0 Å². The highest BCUT2D eigenvalue weighted by Gasteiger charge is 2.12. The minimum atomic E-state index is 0.0350. The Balaban J connectivity index is 2.94. The highest BCUT2D eigenvalue weighted by atomic mass is 15.1. The van der Waals surface area contributed by atoms with E-state index in [0.29, 0.717) is 0 Å². The Kier molecular flexibility index (Phi) is 2.55. The zero-order valence-electron chi connectivity index (χ0n) is 8.97. The van der Waals surface area contributed by atoms with Crippen molar-refractivity contribution < 1.29 is 0 Å². The second-order valence-electron chi connectivity index (χ2n) is 4.32. The van der Waals surface area contributed by atoms with Crippen LogP contribution in [0, 0.1) is 13.8 Å². The molecule has 0 saturated carbocycles. The predicted octanol–water partition coefficient (Wildman–Crippen LogP) is 2.30. The van der Waals surface area contributed by atoms with E-state index in [4.69, 9.17) is 0 Å². The fourth-order valence-electron chi connectivity index (χ4n) is 1.01. The molecule has 1 heterocycles. The third-order valence-electron chi connectivity index (χ3n) is 1.57. The molecule has 0 saturated heterocycles. The molecule has 3 nitrogen and oxygen atoms in total. The molecule has 0 aliphatic heterocycles. The van der Waals surface area contributed by atoms with E-state index in [2.05, 4.69) is 36.1 Å². The van der Waals surface area contributed by atoms with E-state index in [-0.39, 0.29) is 5.54 Å². The van der Waals surface area contributed by atoms with Crippen LogP contribution in [0.5, 0.6) is 0 Å². The van der Waals surface area contributed by atoms with Crippen molar-refractivity contribution in [2.45, 2.75) is 40.2 Å². The maximum Gasteiger partial charge on any atom is 0.148 e. The lowest BCUT2D eigenvalue weighted by Crippen LogP contribution is -2.27. The van der Waals surface area contributed by atoms with E-state index in [1.54, 1.807) is 6.20 Å². The minimum absolute atomic E-state index is 0.0350. The van der Waals surface area contributed by atoms with Crippen LogP contribution >= 0.6 is 0 Å². The van der Waals surface area contributed by atoms with Gasteiger partial charge in [-0.3, -0.25) is 4.98 Å². The van der Waals surface area contributed by atoms with Crippen molar-refractivity contribution in [3.8, 4) is 0 Å². The van der Waals surface area contributed by atoms with Crippen molar-refractivity contribution in [3.63, 3.8) is 0 Å². The van der Waals surface area contributed by atoms with Crippen LogP contribution in [-0.2, 0) is 0 Å². The molecular formula is C10H17N3. The summed E-state index contributed by atoms with van der Waals surface area (Å²) in [7, 11) is 0. The van der Waals surface area contributed by atoms with E-state index in [0.717, 1.165) is 17.2 Å². The Hall–Kier alpha value is -1.12. The molecule has 1 aromatic heterocycles. The Morgan fingerprint density at radius 2 is 1.85 bits per heavy atom. The van der Waals surface area contributed by atoms with Gasteiger partial charge in [0.1, 0.15) is 5.82 Å². The van der Waals surface area contributed by atoms with Crippen molar-refractivity contribution in [1.82, 2.24) is 9.97 Å². The number of aromatic nitrogens is 2. The number of rotatable bonds is 1. The molecular weight excluding hydrogens is 162 g/mol. The van der Waals surface area contributed by atoms with Gasteiger partial charge in [0.15, 0.2) is 0 Å². The monoisotopic (exact) mass is 179 g/mol. The number of nitrogens with one attached hydrogen (secondary N) is 1. The lowest BCUT2D eigenvalue weighted by Gasteiger charge is -2.22. The second kappa shape index (κ2) is 3.32. The van der Waals surface area contributed by atoms with Gasteiger partial charge in [-0.25, -0.2) is 4.98 Å². The summed E-state index contributed by atoms with van der Waals surface area (Å²) in [6, 6.07) is 0. The van der Waals surface area contributed by atoms with Gasteiger partial charge in [0.05, 0.1) is 11.4 Å². The van der Waals surface area contributed by atoms with Crippen molar-refractivity contribution in [1.29, 1.82) is 0 Å². The Bertz CT molecular complexity index is 300. The van der Waals surface area contributed by atoms with E-state index < -0.39 is 0 Å². The summed E-state index contributed by atoms with van der Waals surface area (Å²) >= 11 is 0. The van der Waals surface area contributed by atoms with Gasteiger partial charge < -0.3 is 5.32 Å². The van der Waals surface area contributed by atoms with Gasteiger partial charge in [-0.05, 0) is 34.6 Å². The number of aryl methyl sites for hydroxylation is 2. The lowest BCUT2D eigenvalue weighted by atomic mass is 10.1. The molecule has 13 heavy (non-hydrogen) atoms. The third kappa shape index (κ3) is 3.01. The fourth-order valence-corrected chi connectivity index (χ4v) is 1.01. The molecule has 0 fully saturated rings. The largest absolute Gasteiger partial charge is 0.364 e. The summed E-state index contributed by atoms with van der Waals surface area (Å²) in [6.07, 6.45) is 1.78. The maximum absolute atomic E-state index is 4.38. The summed E-state index contributed by atoms with van der Waals surface area (Å²) in [4.78, 5) is 8.62. The highest BCUT2D eigenvalue weighted by Crippen LogP contribution is 2.14. The van der Waals surface area contributed by atoms with Crippen LogP contribution in [0.25, 0.3) is 0 Å². The zero-order chi connectivity index (χ0) is 10.1. The summed E-state index contributed by atoms with van der Waals surface area (Å²) in [5.41, 5.74) is 1.92. The van der Waals surface area contributed by atoms with Crippen molar-refractivity contribution in [3.05, 3.63) is 17.6 Å². The predicted molar refractivity (Wildman–Crippen MR) is 54.9 cm³/mol. The standard InChI is InChI=1S/C10H17N3/c1-7-6-11-8(2)9(12-7)13-10(3,4)5/h6H,1-5H3,(H,12,13). The first-order valence-corrected chi connectivity index (χ1v) is 4.47. The molecule has 0 spiro atoms. The molecule has 0 radical (unpaired) electrons. The molecule has 0 aliphatic rings. The van der Waals surface area contributed by atoms with Crippen LogP contribution < -0.4 is 5.32 Å². The summed E-state index contributed by atoms with van der Waals surface area (Å²) in [5, 5.41) is 3.32. The molecule has 1 N–H and O–H groups in total. The lowest BCUT2D eigenvalue weighted by molar-refractivity contribution is 0.628. The molecule has 0 unspecified atom stereocenters. The Morgan fingerprint density at radius 3 is 2.38 bits per heavy atom. The molecule has 0 amide bonds. The average molecular weight is 179 g/mol. The van der Waals surface area contributed by atoms with Crippen LogP contribution in [0.3, 0.4) is 0 Å². The van der Waals surface area contributed by atoms with Crippen molar-refractivity contribution >= 4 is 5.82 Å². The fraction of sp³-hybridized carbons (Fsp3) is 0.600. The quantitative estimate of drug-likeness (QED) is 0.718. The number of nitrogens with zero attached hydrogens (tertiary/aromatic N) is 2. The van der Waals surface area contributed by atoms with E-state index in [1.807, 2.05) is 13.8 Å². The number of hydrogen-bond donors (Lipinski definition) is 1. The molecule has 1 rings (SSSR count). The van der Waals surface area contributed by atoms with Crippen LogP contribution in [0.4, 0.5) is 5.82 Å². The van der Waals surface area contributed by atoms with Gasteiger partial charge >= 0.3 is 0 Å². The average Bonchev–Trinajstić information content (AvgIpc) is 1.94. The van der Waals surface area contributed by atoms with Crippen LogP contribution in [0.2, 0.25) is 0 Å². The molecule has 1 aromatic rings. The Morgan fingerprint density at radius 1 is 1.23 bits per heavy atom. The van der Waals surface area contributed by atoms with Crippen LogP contribution in [0.1, 0.15) is 32.2 Å². The molecule has 3 heteroatoms. The maximum atomic E-state index is 4.38. The summed E-state index contributed by atoms with van der Waals surface area (Å²) < 4.78 is 0. The van der Waals surface area contributed by atoms with Crippen molar-refractivity contribution in [2.75, 3.05) is 5.32 Å². The van der Waals surface area contributed by atoms with Gasteiger partial charge in [-0.2, -0.15) is 0 Å². The summed E-state index contributed by atoms with van der Waals surface area (Å²) in [6.45, 7) is 10.2. The zero-order valence-corrected chi connectivity index (χ0v) is 8.97. The minimum Gasteiger partial charge on any atom is -0.364 e. The third-order valence-corrected chi connectivity index (χ3v) is 1.57. The van der Waals surface area contributed by atoms with Gasteiger partial charge in [0.25, 0.3) is 0 Å². The first kappa shape index (κ1) is 9.96. The first-order chi connectivity index (χ1) is 5.88. The topological polar surface area (TPSA) is 37.8 Å². The molecule has 0 aromatic carbocycles. The van der Waals surface area contributed by atoms with Gasteiger partial charge in [0, 0.05) is 11.7 Å². The number of hydrogen-bond acceptors (Lipinski definition) is 3. The van der Waals surface area contributed by atoms with Crippen molar-refractivity contribution in [2.24, 2.45) is 0 Å². The second-order valence-corrected chi connectivity index (χ2v) is 4.32. The van der Waals surface area contributed by atoms with E-state index >= 15 is 0 Å². The SMILES string of the molecule is Cc1cnc(C)c(NC(C)(C)C)n1. The van der Waals surface area contributed by atoms with Crippen LogP contribution in [0.15, 0.2) is 6.20 Å². The molecule has 0 bridgehead atoms. The molecule has 0 atom stereocenters. The first-order valence-electron chi connectivity index (χ1n) is 4.47. The Labute approximate surface area is 79.6 Å². The van der Waals surface area contributed by atoms with Gasteiger partial charge in [-0.15, -0.1) is 0 Å². The molecule has 72 valence electrons. The smallest absolute Gasteiger partial charge is 0.148 e. The number of anilines is 1. The van der Waals surface area contributed by atoms with Crippen LogP contribution in [-0.4, -0.2) is 15.5 Å². The van der Waals surface area contributed by atoms with Gasteiger partial charge in [0.2, 0.25) is 0 Å². The summed E-state index contributed by atoms with van der Waals surface area (Å²) in [5.74, 6) is 0.882. The molecule has 0 aliphatic carbocycles. The normalized spacial score (nSPS) is 11.5. The highest BCUT2D eigenvalue weighted by molar-refractivity contribution is 5.41. The van der Waals surface area contributed by atoms with E-state index in [9.17, 15) is 0 Å².